The van der Waals surface area contributed by atoms with Crippen molar-refractivity contribution in [2.75, 3.05) is 41.6 Å². The summed E-state index contributed by atoms with van der Waals surface area (Å²) >= 11 is 9.63. The minimum absolute atomic E-state index is 0.0213. The minimum atomic E-state index is -0.645. The van der Waals surface area contributed by atoms with Gasteiger partial charge < -0.3 is 36.4 Å². The molecule has 0 aliphatic carbocycles. The number of nitrogens with two attached hydrogens (primary N) is 1. The molecule has 9 aromatic rings. The number of carbonyl (C=O) groups is 6. The van der Waals surface area contributed by atoms with Gasteiger partial charge in [0.2, 0.25) is 23.7 Å². The Morgan fingerprint density at radius 2 is 0.816 bits per heavy atom. The van der Waals surface area contributed by atoms with Gasteiger partial charge in [0.15, 0.2) is 0 Å². The number of anilines is 4. The van der Waals surface area contributed by atoms with Crippen molar-refractivity contribution < 1.29 is 46.3 Å². The number of halogens is 5. The number of nitrogen functional groups attached to an aromatic ring is 1. The molecule has 450 valence electrons. The highest BCUT2D eigenvalue weighted by Crippen LogP contribution is 2.32. The van der Waals surface area contributed by atoms with Crippen LogP contribution in [0.2, 0.25) is 5.15 Å². The highest BCUT2D eigenvalue weighted by Gasteiger charge is 2.21. The summed E-state index contributed by atoms with van der Waals surface area (Å²) in [5.74, 6) is -3.66. The molecule has 19 nitrogen and oxygen atoms in total. The third kappa shape index (κ3) is 17.0. The van der Waals surface area contributed by atoms with Crippen LogP contribution in [0.15, 0.2) is 126 Å². The van der Waals surface area contributed by atoms with Crippen LogP contribution in [0.3, 0.4) is 0 Å². The summed E-state index contributed by atoms with van der Waals surface area (Å²) in [6.45, 7) is 5.57. The lowest BCUT2D eigenvalue weighted by Gasteiger charge is -2.17. The molecular weight excluding hydrogens is 1210 g/mol. The Kier molecular flexibility index (Phi) is 22.9. The number of rotatable bonds is 18. The van der Waals surface area contributed by atoms with Crippen molar-refractivity contribution in [3.05, 3.63) is 188 Å². The van der Waals surface area contributed by atoms with E-state index in [0.717, 1.165) is 0 Å². The number of pyridine rings is 3. The van der Waals surface area contributed by atoms with Crippen molar-refractivity contribution in [3.63, 3.8) is 0 Å². The number of nitrogens with zero attached hydrogens (tertiary/aromatic N) is 9. The van der Waals surface area contributed by atoms with Crippen LogP contribution >= 0.6 is 45.6 Å². The van der Waals surface area contributed by atoms with Gasteiger partial charge in [0.25, 0.3) is 17.7 Å². The van der Waals surface area contributed by atoms with Crippen molar-refractivity contribution in [1.82, 2.24) is 45.9 Å². The maximum atomic E-state index is 14.5. The Morgan fingerprint density at radius 3 is 1.16 bits per heavy atom. The van der Waals surface area contributed by atoms with Gasteiger partial charge in [-0.1, -0.05) is 50.6 Å². The number of thiazole rings is 3. The van der Waals surface area contributed by atoms with Crippen LogP contribution in [0.5, 0.6) is 0 Å². The number of nitrogens with one attached hydrogen (secondary N) is 3. The van der Waals surface area contributed by atoms with E-state index in [1.165, 1.54) is 119 Å². The number of amides is 6. The Balaban J connectivity index is 0.000000186. The van der Waals surface area contributed by atoms with Crippen LogP contribution < -0.4 is 36.4 Å². The monoisotopic (exact) mass is 1260 g/mol. The minimum Gasteiger partial charge on any atom is -0.383 e. The molecular formula is C60H56ClF4N13O6S3. The average molecular weight is 1260 g/mol. The van der Waals surface area contributed by atoms with Crippen molar-refractivity contribution >= 4 is 104 Å². The molecule has 0 aliphatic rings. The molecule has 0 atom stereocenters. The fraction of sp³-hybridized carbons (Fsp3) is 0.200. The molecule has 5 N–H and O–H groups in total. The zero-order valence-electron chi connectivity index (χ0n) is 47.5. The summed E-state index contributed by atoms with van der Waals surface area (Å²) in [4.78, 5) is 100. The van der Waals surface area contributed by atoms with Crippen LogP contribution in [0, 0.1) is 23.4 Å². The predicted molar refractivity (Wildman–Crippen MR) is 329 cm³/mol. The SMILES string of the molecule is CCC(=O)N(C)c1ccc(-c2nc(C(=O)NCc3cccnc3Cl)cs2)cc1F.CCC(=O)N(C)c1ccc(-c2nc(C(=O)NCc3cccnc3F)cs2)cc1F.CCC(=O)N(C)c1ccc(-c2nc(C(=O)NCc3cccnc3N)cs2)cc1F. The number of benzene rings is 3. The molecule has 6 amide bonds. The van der Waals surface area contributed by atoms with Crippen LogP contribution in [0.4, 0.5) is 40.4 Å². The van der Waals surface area contributed by atoms with Crippen molar-refractivity contribution in [1.29, 1.82) is 0 Å². The predicted octanol–water partition coefficient (Wildman–Crippen LogP) is 11.3. The molecule has 6 aromatic heterocycles. The molecule has 0 unspecified atom stereocenters. The molecule has 27 heteroatoms. The van der Waals surface area contributed by atoms with Gasteiger partial charge in [0, 0.05) is 128 Å². The number of aromatic nitrogens is 6. The molecule has 3 aromatic carbocycles. The van der Waals surface area contributed by atoms with E-state index in [1.54, 1.807) is 97.8 Å². The molecule has 0 aliphatic heterocycles. The normalized spacial score (nSPS) is 10.6. The zero-order valence-corrected chi connectivity index (χ0v) is 50.7. The Hall–Kier alpha value is -9.37. The highest BCUT2D eigenvalue weighted by atomic mass is 35.5. The molecule has 87 heavy (non-hydrogen) atoms. The molecule has 0 fully saturated rings. The Morgan fingerprint density at radius 1 is 0.483 bits per heavy atom. The first-order valence-electron chi connectivity index (χ1n) is 26.5. The summed E-state index contributed by atoms with van der Waals surface area (Å²) in [6, 6.07) is 23.6. The fourth-order valence-corrected chi connectivity index (χ4v) is 10.5. The van der Waals surface area contributed by atoms with E-state index in [4.69, 9.17) is 17.3 Å². The number of hydrogen-bond donors (Lipinski definition) is 4. The van der Waals surface area contributed by atoms with Gasteiger partial charge in [-0.2, -0.15) is 4.39 Å². The fourth-order valence-electron chi connectivity index (χ4n) is 7.88. The van der Waals surface area contributed by atoms with Crippen molar-refractivity contribution in [2.45, 2.75) is 59.7 Å². The van der Waals surface area contributed by atoms with Crippen LogP contribution in [-0.4, -0.2) is 86.5 Å². The van der Waals surface area contributed by atoms with Gasteiger partial charge in [0.1, 0.15) is 60.5 Å². The topological polar surface area (TPSA) is 252 Å². The summed E-state index contributed by atoms with van der Waals surface area (Å²) in [6.07, 6.45) is 5.31. The van der Waals surface area contributed by atoms with Gasteiger partial charge in [0.05, 0.1) is 17.1 Å². The summed E-state index contributed by atoms with van der Waals surface area (Å²) in [7, 11) is 4.58. The number of hydrogen-bond acceptors (Lipinski definition) is 16. The molecule has 9 rings (SSSR count). The van der Waals surface area contributed by atoms with E-state index in [-0.39, 0.29) is 108 Å². The quantitative estimate of drug-likeness (QED) is 0.0461. The van der Waals surface area contributed by atoms with Gasteiger partial charge in [-0.05, 0) is 72.8 Å². The largest absolute Gasteiger partial charge is 0.383 e. The molecule has 6 heterocycles. The standard InChI is InChI=1S/C20H18ClFN4O2S.C20H18F2N4O2S.C20H20FN5O2S/c1-3-17(27)26(2)16-7-6-12(9-14(16)22)20-25-15(11-29-20)19(28)24-10-13-5-4-8-23-18(13)21;2*1-3-17(27)26(2)16-7-6-12(9-14(16)21)20-25-15(11-29-20)19(28)24-10-13-5-4-8-23-18(13)22/h2*4-9,11H,3,10H2,1-2H3,(H,24,28);4-9,11H,3,10H2,1-2H3,(H2,22,23)(H,24,28). The molecule has 0 bridgehead atoms. The molecule has 0 radical (unpaired) electrons. The number of carbonyl (C=O) groups excluding carboxylic acids is 6. The smallest absolute Gasteiger partial charge is 0.271 e. The van der Waals surface area contributed by atoms with E-state index in [0.29, 0.717) is 53.8 Å². The average Bonchev–Trinajstić information content (AvgIpc) is 4.01. The van der Waals surface area contributed by atoms with E-state index in [1.807, 2.05) is 0 Å². The summed E-state index contributed by atoms with van der Waals surface area (Å²) in [5, 5.41) is 14.6. The van der Waals surface area contributed by atoms with E-state index in [2.05, 4.69) is 45.9 Å². The Bertz CT molecular complexity index is 3560. The first-order valence-corrected chi connectivity index (χ1v) is 29.5. The highest BCUT2D eigenvalue weighted by molar-refractivity contribution is 7.14. The lowest BCUT2D eigenvalue weighted by molar-refractivity contribution is -0.118. The maximum Gasteiger partial charge on any atom is 0.271 e. The first kappa shape index (κ1) is 65.2. The molecule has 0 saturated carbocycles. The van der Waals surface area contributed by atoms with Gasteiger partial charge in [-0.15, -0.1) is 34.0 Å². The first-order chi connectivity index (χ1) is 41.7. The third-order valence-corrected chi connectivity index (χ3v) is 15.8. The van der Waals surface area contributed by atoms with Crippen LogP contribution in [0.1, 0.15) is 88.2 Å². The second-order valence-electron chi connectivity index (χ2n) is 18.5. The van der Waals surface area contributed by atoms with Crippen LogP contribution in [-0.2, 0) is 34.0 Å². The van der Waals surface area contributed by atoms with Gasteiger partial charge in [-0.3, -0.25) is 28.8 Å². The van der Waals surface area contributed by atoms with Gasteiger partial charge in [-0.25, -0.2) is 43.1 Å². The van der Waals surface area contributed by atoms with E-state index < -0.39 is 29.3 Å². The molecule has 0 saturated heterocycles. The zero-order chi connectivity index (χ0) is 62.9. The third-order valence-electron chi connectivity index (χ3n) is 12.8. The lowest BCUT2D eigenvalue weighted by atomic mass is 10.2. The summed E-state index contributed by atoms with van der Waals surface area (Å²) in [5.41, 5.74) is 10.2. The van der Waals surface area contributed by atoms with E-state index in [9.17, 15) is 46.3 Å². The van der Waals surface area contributed by atoms with Crippen molar-refractivity contribution in [3.8, 4) is 31.7 Å². The Labute approximate surface area is 514 Å². The van der Waals surface area contributed by atoms with Gasteiger partial charge >= 0.3 is 0 Å². The molecule has 0 spiro atoms. The van der Waals surface area contributed by atoms with Crippen LogP contribution in [0.25, 0.3) is 31.7 Å². The maximum absolute atomic E-state index is 14.5. The summed E-state index contributed by atoms with van der Waals surface area (Å²) < 4.78 is 56.9. The second kappa shape index (κ2) is 30.6. The second-order valence-corrected chi connectivity index (χ2v) is 21.5. The van der Waals surface area contributed by atoms with E-state index >= 15 is 0 Å². The van der Waals surface area contributed by atoms with Crippen molar-refractivity contribution in [2.24, 2.45) is 0 Å². The lowest BCUT2D eigenvalue weighted by Crippen LogP contribution is -2.26.